The van der Waals surface area contributed by atoms with Gasteiger partial charge >= 0.3 is 5.63 Å². The van der Waals surface area contributed by atoms with Gasteiger partial charge < -0.3 is 13.4 Å². The van der Waals surface area contributed by atoms with E-state index in [1.165, 1.54) is 10.8 Å². The standard InChI is InChI=1S/C43H25NO3/c45-43-42-30(26-20-22-32-31-12-4-6-17-36(31)44(37(32)24-26)28-10-2-1-3-11-28)14-8-16-34(42)33-23-21-27(25-40(33)47-43)29-15-9-19-39-41(29)35-13-5-7-18-38(35)46-39/h1-25H. The number of benzene rings is 7. The SMILES string of the molecule is O=c1oc2cc(-c3cccc4oc5ccccc5c34)ccc2c2cccc(-c3ccc4c5ccccc5n(-c5ccccc5)c4c3)c12. The third kappa shape index (κ3) is 3.79. The predicted molar refractivity (Wildman–Crippen MR) is 192 cm³/mol. The van der Waals surface area contributed by atoms with Crippen molar-refractivity contribution in [1.29, 1.82) is 0 Å². The Labute approximate surface area is 268 Å². The minimum atomic E-state index is -0.351. The number of hydrogen-bond acceptors (Lipinski definition) is 3. The summed E-state index contributed by atoms with van der Waals surface area (Å²) < 4.78 is 14.6. The van der Waals surface area contributed by atoms with Crippen molar-refractivity contribution in [3.05, 3.63) is 162 Å². The lowest BCUT2D eigenvalue weighted by Crippen LogP contribution is -2.02. The Bertz CT molecular complexity index is 2930. The second kappa shape index (κ2) is 9.80. The van der Waals surface area contributed by atoms with Gasteiger partial charge in [-0.05, 0) is 70.8 Å². The number of rotatable bonds is 3. The van der Waals surface area contributed by atoms with E-state index in [0.29, 0.717) is 11.0 Å². The van der Waals surface area contributed by atoms with Gasteiger partial charge in [0.05, 0.1) is 16.4 Å². The van der Waals surface area contributed by atoms with Gasteiger partial charge in [0.25, 0.3) is 0 Å². The Morgan fingerprint density at radius 1 is 0.404 bits per heavy atom. The lowest BCUT2D eigenvalue weighted by Gasteiger charge is -2.11. The highest BCUT2D eigenvalue weighted by molar-refractivity contribution is 6.15. The summed E-state index contributed by atoms with van der Waals surface area (Å²) in [5, 5.41) is 6.82. The molecule has 0 bridgehead atoms. The molecule has 3 aromatic heterocycles. The second-order valence-corrected chi connectivity index (χ2v) is 12.0. The zero-order valence-corrected chi connectivity index (χ0v) is 25.1. The fourth-order valence-electron chi connectivity index (χ4n) is 7.39. The molecule has 47 heavy (non-hydrogen) atoms. The van der Waals surface area contributed by atoms with E-state index in [2.05, 4.69) is 95.6 Å². The van der Waals surface area contributed by atoms with Crippen molar-refractivity contribution in [3.8, 4) is 27.9 Å². The van der Waals surface area contributed by atoms with Crippen LogP contribution in [0, 0.1) is 0 Å². The van der Waals surface area contributed by atoms with E-state index in [1.54, 1.807) is 0 Å². The molecule has 4 heteroatoms. The fourth-order valence-corrected chi connectivity index (χ4v) is 7.39. The number of hydrogen-bond donors (Lipinski definition) is 0. The summed E-state index contributed by atoms with van der Waals surface area (Å²) in [6.07, 6.45) is 0. The maximum absolute atomic E-state index is 13.9. The van der Waals surface area contributed by atoms with Crippen LogP contribution in [0.25, 0.3) is 93.4 Å². The van der Waals surface area contributed by atoms with Gasteiger partial charge in [-0.25, -0.2) is 4.79 Å². The van der Waals surface area contributed by atoms with E-state index in [4.69, 9.17) is 8.83 Å². The van der Waals surface area contributed by atoms with Gasteiger partial charge in [-0.1, -0.05) is 103 Å². The Morgan fingerprint density at radius 3 is 1.91 bits per heavy atom. The molecule has 0 fully saturated rings. The summed E-state index contributed by atoms with van der Waals surface area (Å²) in [5.74, 6) is 0. The molecule has 220 valence electrons. The molecule has 3 heterocycles. The molecule has 0 saturated carbocycles. The van der Waals surface area contributed by atoms with E-state index in [-0.39, 0.29) is 5.63 Å². The van der Waals surface area contributed by atoms with Crippen LogP contribution < -0.4 is 5.63 Å². The summed E-state index contributed by atoms with van der Waals surface area (Å²) in [5.41, 5.74) is 9.02. The molecular formula is C43H25NO3. The Kier molecular flexibility index (Phi) is 5.40. The fraction of sp³-hybridized carbons (Fsp3) is 0. The lowest BCUT2D eigenvalue weighted by atomic mass is 9.95. The molecule has 0 spiro atoms. The Morgan fingerprint density at radius 2 is 1.04 bits per heavy atom. The molecule has 10 rings (SSSR count). The van der Waals surface area contributed by atoms with Crippen LogP contribution in [-0.2, 0) is 0 Å². The maximum atomic E-state index is 13.9. The van der Waals surface area contributed by atoms with E-state index in [0.717, 1.165) is 71.7 Å². The summed E-state index contributed by atoms with van der Waals surface area (Å²) in [6.45, 7) is 0. The molecule has 7 aromatic carbocycles. The monoisotopic (exact) mass is 603 g/mol. The first-order chi connectivity index (χ1) is 23.2. The highest BCUT2D eigenvalue weighted by Crippen LogP contribution is 2.40. The summed E-state index contributed by atoms with van der Waals surface area (Å²) >= 11 is 0. The molecule has 0 atom stereocenters. The van der Waals surface area contributed by atoms with Gasteiger partial charge in [0, 0.05) is 38.0 Å². The third-order valence-electron chi connectivity index (χ3n) is 9.46. The van der Waals surface area contributed by atoms with E-state index in [1.807, 2.05) is 60.7 Å². The molecule has 0 saturated heterocycles. The highest BCUT2D eigenvalue weighted by Gasteiger charge is 2.18. The molecule has 0 aliphatic carbocycles. The van der Waals surface area contributed by atoms with Gasteiger partial charge in [0.15, 0.2) is 0 Å². The second-order valence-electron chi connectivity index (χ2n) is 12.0. The van der Waals surface area contributed by atoms with Gasteiger partial charge in [0.2, 0.25) is 0 Å². The lowest BCUT2D eigenvalue weighted by molar-refractivity contribution is 0.570. The molecule has 0 unspecified atom stereocenters. The summed E-state index contributed by atoms with van der Waals surface area (Å²) in [7, 11) is 0. The molecule has 0 radical (unpaired) electrons. The van der Waals surface area contributed by atoms with Crippen LogP contribution in [-0.4, -0.2) is 4.57 Å². The van der Waals surface area contributed by atoms with Crippen LogP contribution in [0.1, 0.15) is 0 Å². The number of fused-ring (bicyclic) bond motifs is 9. The van der Waals surface area contributed by atoms with Crippen LogP contribution >= 0.6 is 0 Å². The number of para-hydroxylation sites is 3. The summed E-state index contributed by atoms with van der Waals surface area (Å²) in [4.78, 5) is 13.9. The minimum Gasteiger partial charge on any atom is -0.456 e. The molecular weight excluding hydrogens is 578 g/mol. The first-order valence-electron chi connectivity index (χ1n) is 15.7. The number of nitrogens with zero attached hydrogens (tertiary/aromatic N) is 1. The van der Waals surface area contributed by atoms with E-state index in [9.17, 15) is 4.79 Å². The largest absolute Gasteiger partial charge is 0.456 e. The predicted octanol–water partition coefficient (Wildman–Crippen LogP) is 11.3. The minimum absolute atomic E-state index is 0.351. The molecule has 4 nitrogen and oxygen atoms in total. The van der Waals surface area contributed by atoms with Crippen LogP contribution in [0.4, 0.5) is 0 Å². The van der Waals surface area contributed by atoms with Crippen molar-refractivity contribution in [2.45, 2.75) is 0 Å². The van der Waals surface area contributed by atoms with Crippen LogP contribution in [0.3, 0.4) is 0 Å². The van der Waals surface area contributed by atoms with Crippen molar-refractivity contribution < 1.29 is 8.83 Å². The zero-order chi connectivity index (χ0) is 31.1. The van der Waals surface area contributed by atoms with E-state index < -0.39 is 0 Å². The topological polar surface area (TPSA) is 48.3 Å². The van der Waals surface area contributed by atoms with Crippen LogP contribution in [0.15, 0.2) is 165 Å². The van der Waals surface area contributed by atoms with Crippen molar-refractivity contribution >= 4 is 65.5 Å². The average molecular weight is 604 g/mol. The molecule has 0 N–H and O–H groups in total. The van der Waals surface area contributed by atoms with Gasteiger partial charge in [-0.2, -0.15) is 0 Å². The highest BCUT2D eigenvalue weighted by atomic mass is 16.4. The van der Waals surface area contributed by atoms with Crippen molar-refractivity contribution in [2.24, 2.45) is 0 Å². The van der Waals surface area contributed by atoms with E-state index >= 15 is 0 Å². The van der Waals surface area contributed by atoms with Crippen LogP contribution in [0.2, 0.25) is 0 Å². The van der Waals surface area contributed by atoms with Crippen LogP contribution in [0.5, 0.6) is 0 Å². The number of furan rings is 1. The smallest absolute Gasteiger partial charge is 0.344 e. The molecule has 0 aliphatic heterocycles. The van der Waals surface area contributed by atoms with Gasteiger partial charge in [0.1, 0.15) is 16.7 Å². The van der Waals surface area contributed by atoms with Gasteiger partial charge in [-0.3, -0.25) is 0 Å². The first kappa shape index (κ1) is 25.9. The third-order valence-corrected chi connectivity index (χ3v) is 9.46. The maximum Gasteiger partial charge on any atom is 0.344 e. The van der Waals surface area contributed by atoms with Crippen molar-refractivity contribution in [3.63, 3.8) is 0 Å². The van der Waals surface area contributed by atoms with Crippen molar-refractivity contribution in [2.75, 3.05) is 0 Å². The van der Waals surface area contributed by atoms with Gasteiger partial charge in [-0.15, -0.1) is 0 Å². The van der Waals surface area contributed by atoms with Crippen molar-refractivity contribution in [1.82, 2.24) is 4.57 Å². The molecule has 0 aliphatic rings. The zero-order valence-electron chi connectivity index (χ0n) is 25.1. The molecule has 10 aromatic rings. The Hall–Kier alpha value is -6.39. The number of aromatic nitrogens is 1. The quantitative estimate of drug-likeness (QED) is 0.149. The normalized spacial score (nSPS) is 11.9. The summed E-state index contributed by atoms with van der Waals surface area (Å²) in [6, 6.07) is 51.7. The Balaban J connectivity index is 1.18. The average Bonchev–Trinajstić information content (AvgIpc) is 3.67. The first-order valence-corrected chi connectivity index (χ1v) is 15.7. The molecule has 0 amide bonds.